The van der Waals surface area contributed by atoms with E-state index in [4.69, 9.17) is 11.6 Å². The summed E-state index contributed by atoms with van der Waals surface area (Å²) in [6.07, 6.45) is 0. The lowest BCUT2D eigenvalue weighted by molar-refractivity contribution is 0.592. The highest BCUT2D eigenvalue weighted by Crippen LogP contribution is 2.27. The first-order valence-corrected chi connectivity index (χ1v) is 6.63. The van der Waals surface area contributed by atoms with Gasteiger partial charge in [-0.15, -0.1) is 11.6 Å². The van der Waals surface area contributed by atoms with Crippen LogP contribution < -0.4 is 0 Å². The van der Waals surface area contributed by atoms with Gasteiger partial charge in [-0.1, -0.05) is 12.1 Å². The normalized spacial score (nSPS) is 11.2. The van der Waals surface area contributed by atoms with Crippen molar-refractivity contribution < 1.29 is 8.78 Å². The van der Waals surface area contributed by atoms with E-state index in [1.54, 1.807) is 4.57 Å². The van der Waals surface area contributed by atoms with E-state index in [-0.39, 0.29) is 11.6 Å². The van der Waals surface area contributed by atoms with E-state index < -0.39 is 11.6 Å². The highest BCUT2D eigenvalue weighted by Gasteiger charge is 2.16. The molecular weight excluding hydrogens is 282 g/mol. The number of fused-ring (bicyclic) bond motifs is 1. The zero-order valence-electron chi connectivity index (χ0n) is 10.7. The predicted octanol–water partition coefficient (Wildman–Crippen LogP) is 4.35. The average Bonchev–Trinajstić information content (AvgIpc) is 2.81. The number of halogens is 3. The Morgan fingerprint density at radius 3 is 2.75 bits per heavy atom. The standard InChI is InChI=1S/C15H11ClF2N2/c1-9-3-2-4-12-15(9)20(14(8-16)19-12)13-7-10(17)5-6-11(13)18/h2-7H,8H2,1H3. The van der Waals surface area contributed by atoms with Gasteiger partial charge in [0.15, 0.2) is 0 Å². The number of rotatable bonds is 2. The summed E-state index contributed by atoms with van der Waals surface area (Å²) < 4.78 is 29.1. The van der Waals surface area contributed by atoms with Gasteiger partial charge in [-0.2, -0.15) is 0 Å². The number of alkyl halides is 1. The van der Waals surface area contributed by atoms with Gasteiger partial charge in [-0.25, -0.2) is 13.8 Å². The van der Waals surface area contributed by atoms with Crippen molar-refractivity contribution in [3.05, 3.63) is 59.4 Å². The van der Waals surface area contributed by atoms with Gasteiger partial charge in [0.05, 0.1) is 22.6 Å². The molecule has 0 unspecified atom stereocenters. The van der Waals surface area contributed by atoms with E-state index >= 15 is 0 Å². The van der Waals surface area contributed by atoms with Gasteiger partial charge in [0.2, 0.25) is 0 Å². The Morgan fingerprint density at radius 1 is 1.20 bits per heavy atom. The topological polar surface area (TPSA) is 17.8 Å². The monoisotopic (exact) mass is 292 g/mol. The van der Waals surface area contributed by atoms with Crippen LogP contribution in [0.25, 0.3) is 16.7 Å². The van der Waals surface area contributed by atoms with Gasteiger partial charge in [0.25, 0.3) is 0 Å². The SMILES string of the molecule is Cc1cccc2nc(CCl)n(-c3cc(F)ccc3F)c12. The molecule has 0 aliphatic heterocycles. The summed E-state index contributed by atoms with van der Waals surface area (Å²) in [6.45, 7) is 1.90. The number of para-hydroxylation sites is 1. The molecule has 20 heavy (non-hydrogen) atoms. The first-order valence-electron chi connectivity index (χ1n) is 6.10. The summed E-state index contributed by atoms with van der Waals surface area (Å²) in [5.74, 6) is -0.414. The van der Waals surface area contributed by atoms with Crippen molar-refractivity contribution in [2.24, 2.45) is 0 Å². The molecule has 0 saturated heterocycles. The van der Waals surface area contributed by atoms with Gasteiger partial charge in [0.1, 0.15) is 17.5 Å². The molecule has 0 radical (unpaired) electrons. The first-order chi connectivity index (χ1) is 9.61. The largest absolute Gasteiger partial charge is 0.292 e. The van der Waals surface area contributed by atoms with Crippen molar-refractivity contribution in [1.82, 2.24) is 9.55 Å². The Morgan fingerprint density at radius 2 is 2.00 bits per heavy atom. The molecular formula is C15H11ClF2N2. The second-order valence-corrected chi connectivity index (χ2v) is 4.80. The molecule has 5 heteroatoms. The lowest BCUT2D eigenvalue weighted by Gasteiger charge is -2.10. The fourth-order valence-electron chi connectivity index (χ4n) is 2.35. The van der Waals surface area contributed by atoms with Crippen molar-refractivity contribution in [2.45, 2.75) is 12.8 Å². The van der Waals surface area contributed by atoms with Crippen molar-refractivity contribution in [3.8, 4) is 5.69 Å². The third-order valence-electron chi connectivity index (χ3n) is 3.22. The van der Waals surface area contributed by atoms with Crippen LogP contribution in [-0.4, -0.2) is 9.55 Å². The minimum Gasteiger partial charge on any atom is -0.292 e. The van der Waals surface area contributed by atoms with Crippen LogP contribution >= 0.6 is 11.6 Å². The summed E-state index contributed by atoms with van der Waals surface area (Å²) in [5, 5.41) is 0. The Balaban J connectivity index is 2.42. The molecule has 0 N–H and O–H groups in total. The molecule has 0 aliphatic rings. The maximum Gasteiger partial charge on any atom is 0.147 e. The maximum absolute atomic E-state index is 14.1. The van der Waals surface area contributed by atoms with Crippen LogP contribution in [0.1, 0.15) is 11.4 Å². The number of nitrogens with zero attached hydrogens (tertiary/aromatic N) is 2. The predicted molar refractivity (Wildman–Crippen MR) is 75.3 cm³/mol. The second-order valence-electron chi connectivity index (χ2n) is 4.54. The number of imidazole rings is 1. The minimum absolute atomic E-state index is 0.115. The average molecular weight is 293 g/mol. The molecule has 2 aromatic carbocycles. The van der Waals surface area contributed by atoms with Crippen LogP contribution in [0.5, 0.6) is 0 Å². The van der Waals surface area contributed by atoms with E-state index in [1.807, 2.05) is 25.1 Å². The molecule has 0 saturated carbocycles. The van der Waals surface area contributed by atoms with Crippen LogP contribution in [-0.2, 0) is 5.88 Å². The van der Waals surface area contributed by atoms with Crippen LogP contribution in [0.3, 0.4) is 0 Å². The Labute approximate surface area is 119 Å². The molecule has 2 nitrogen and oxygen atoms in total. The number of aryl methyl sites for hydroxylation is 1. The van der Waals surface area contributed by atoms with Gasteiger partial charge in [-0.05, 0) is 30.7 Å². The molecule has 102 valence electrons. The van der Waals surface area contributed by atoms with E-state index in [0.29, 0.717) is 11.3 Å². The van der Waals surface area contributed by atoms with Crippen LogP contribution in [0.15, 0.2) is 36.4 Å². The lowest BCUT2D eigenvalue weighted by atomic mass is 10.2. The second kappa shape index (κ2) is 4.87. The number of hydrogen-bond acceptors (Lipinski definition) is 1. The van der Waals surface area contributed by atoms with E-state index in [0.717, 1.165) is 29.3 Å². The van der Waals surface area contributed by atoms with Crippen molar-refractivity contribution >= 4 is 22.6 Å². The van der Waals surface area contributed by atoms with E-state index in [9.17, 15) is 8.78 Å². The molecule has 0 aliphatic carbocycles. The Hall–Kier alpha value is -1.94. The Kier molecular flexibility index (Phi) is 3.18. The quantitative estimate of drug-likeness (QED) is 0.642. The lowest BCUT2D eigenvalue weighted by Crippen LogP contribution is -2.03. The molecule has 1 aromatic heterocycles. The minimum atomic E-state index is -0.514. The summed E-state index contributed by atoms with van der Waals surface area (Å²) in [7, 11) is 0. The fourth-order valence-corrected chi connectivity index (χ4v) is 2.53. The number of hydrogen-bond donors (Lipinski definition) is 0. The summed E-state index contributed by atoms with van der Waals surface area (Å²) >= 11 is 5.90. The van der Waals surface area contributed by atoms with Gasteiger partial charge >= 0.3 is 0 Å². The van der Waals surface area contributed by atoms with Gasteiger partial charge in [0, 0.05) is 6.07 Å². The Bertz CT molecular complexity index is 796. The summed E-state index contributed by atoms with van der Waals surface area (Å²) in [4.78, 5) is 4.38. The molecule has 1 heterocycles. The van der Waals surface area contributed by atoms with Gasteiger partial charge in [-0.3, -0.25) is 4.57 Å². The van der Waals surface area contributed by atoms with Crippen LogP contribution in [0.4, 0.5) is 8.78 Å². The van der Waals surface area contributed by atoms with E-state index in [1.165, 1.54) is 0 Å². The smallest absolute Gasteiger partial charge is 0.147 e. The molecule has 0 amide bonds. The molecule has 0 atom stereocenters. The van der Waals surface area contributed by atoms with Crippen molar-refractivity contribution in [3.63, 3.8) is 0 Å². The van der Waals surface area contributed by atoms with E-state index in [2.05, 4.69) is 4.98 Å². The fraction of sp³-hybridized carbons (Fsp3) is 0.133. The highest BCUT2D eigenvalue weighted by atomic mass is 35.5. The molecule has 3 aromatic rings. The van der Waals surface area contributed by atoms with Crippen molar-refractivity contribution in [2.75, 3.05) is 0 Å². The molecule has 0 fully saturated rings. The maximum atomic E-state index is 14.1. The third-order valence-corrected chi connectivity index (χ3v) is 3.46. The van der Waals surface area contributed by atoms with Crippen LogP contribution in [0.2, 0.25) is 0 Å². The van der Waals surface area contributed by atoms with Gasteiger partial charge < -0.3 is 0 Å². The summed E-state index contributed by atoms with van der Waals surface area (Å²) in [6, 6.07) is 8.94. The highest BCUT2D eigenvalue weighted by molar-refractivity contribution is 6.17. The van der Waals surface area contributed by atoms with Crippen molar-refractivity contribution in [1.29, 1.82) is 0 Å². The number of aromatic nitrogens is 2. The zero-order valence-corrected chi connectivity index (χ0v) is 11.5. The molecule has 3 rings (SSSR count). The molecule has 0 spiro atoms. The first kappa shape index (κ1) is 13.1. The van der Waals surface area contributed by atoms with Crippen LogP contribution in [0, 0.1) is 18.6 Å². The zero-order chi connectivity index (χ0) is 14.3. The summed E-state index contributed by atoms with van der Waals surface area (Å²) in [5.41, 5.74) is 2.50. The number of benzene rings is 2. The molecule has 0 bridgehead atoms. The third kappa shape index (κ3) is 1.96.